The van der Waals surface area contributed by atoms with Crippen molar-refractivity contribution in [1.82, 2.24) is 10.3 Å². The molecule has 6 heteroatoms. The summed E-state index contributed by atoms with van der Waals surface area (Å²) in [5.74, 6) is 0.0741. The van der Waals surface area contributed by atoms with Gasteiger partial charge in [0.15, 0.2) is 0 Å². The molecule has 1 fully saturated rings. The molecule has 0 saturated carbocycles. The first kappa shape index (κ1) is 19.6. The number of amides is 1. The molecule has 2 aliphatic heterocycles. The Labute approximate surface area is 171 Å². The van der Waals surface area contributed by atoms with E-state index in [0.717, 1.165) is 23.3 Å². The van der Waals surface area contributed by atoms with E-state index in [0.29, 0.717) is 39.0 Å². The first-order valence-electron chi connectivity index (χ1n) is 10.2. The SMILES string of the molecule is Cc1ccc(C2=NO[C@@H](CC3(C(=O)NCc4ccncc4)CCOCC3)C2)cc1. The summed E-state index contributed by atoms with van der Waals surface area (Å²) in [6.45, 7) is 3.77. The van der Waals surface area contributed by atoms with E-state index in [9.17, 15) is 4.79 Å². The van der Waals surface area contributed by atoms with Crippen LogP contribution in [0.4, 0.5) is 0 Å². The molecular formula is C23H27N3O3. The van der Waals surface area contributed by atoms with Crippen LogP contribution in [0, 0.1) is 12.3 Å². The topological polar surface area (TPSA) is 72.8 Å². The van der Waals surface area contributed by atoms with Gasteiger partial charge in [-0.25, -0.2) is 0 Å². The molecule has 2 aliphatic rings. The molecular weight excluding hydrogens is 366 g/mol. The number of oxime groups is 1. The monoisotopic (exact) mass is 393 g/mol. The van der Waals surface area contributed by atoms with Gasteiger partial charge in [-0.2, -0.15) is 0 Å². The lowest BCUT2D eigenvalue weighted by atomic mass is 9.74. The highest BCUT2D eigenvalue weighted by molar-refractivity contribution is 6.01. The fourth-order valence-corrected chi connectivity index (χ4v) is 4.05. The van der Waals surface area contributed by atoms with Gasteiger partial charge in [0.05, 0.1) is 11.1 Å². The Hall–Kier alpha value is -2.73. The van der Waals surface area contributed by atoms with Crippen LogP contribution >= 0.6 is 0 Å². The van der Waals surface area contributed by atoms with Crippen LogP contribution in [-0.2, 0) is 20.9 Å². The van der Waals surface area contributed by atoms with Crippen molar-refractivity contribution in [3.63, 3.8) is 0 Å². The van der Waals surface area contributed by atoms with Crippen molar-refractivity contribution in [3.05, 3.63) is 65.5 Å². The number of nitrogens with one attached hydrogen (secondary N) is 1. The maximum Gasteiger partial charge on any atom is 0.226 e. The smallest absolute Gasteiger partial charge is 0.226 e. The highest BCUT2D eigenvalue weighted by Gasteiger charge is 2.43. The number of hydrogen-bond donors (Lipinski definition) is 1. The largest absolute Gasteiger partial charge is 0.392 e. The highest BCUT2D eigenvalue weighted by atomic mass is 16.6. The van der Waals surface area contributed by atoms with Gasteiger partial charge in [0, 0.05) is 45.0 Å². The molecule has 3 heterocycles. The van der Waals surface area contributed by atoms with Gasteiger partial charge in [-0.3, -0.25) is 9.78 Å². The molecule has 1 aromatic carbocycles. The van der Waals surface area contributed by atoms with Crippen molar-refractivity contribution >= 4 is 11.6 Å². The van der Waals surface area contributed by atoms with E-state index in [4.69, 9.17) is 9.57 Å². The van der Waals surface area contributed by atoms with Crippen molar-refractivity contribution in [3.8, 4) is 0 Å². The summed E-state index contributed by atoms with van der Waals surface area (Å²) in [5, 5.41) is 7.43. The second-order valence-corrected chi connectivity index (χ2v) is 7.97. The lowest BCUT2D eigenvalue weighted by Gasteiger charge is -2.37. The standard InChI is InChI=1S/C23H27N3O3/c1-17-2-4-19(5-3-17)21-14-20(29-26-21)15-23(8-12-28-13-9-23)22(27)25-16-18-6-10-24-11-7-18/h2-7,10-11,20H,8-9,12-16H2,1H3,(H,25,27)/t20-/m1/s1. The Morgan fingerprint density at radius 2 is 1.86 bits per heavy atom. The third-order valence-corrected chi connectivity index (χ3v) is 5.87. The Kier molecular flexibility index (Phi) is 5.90. The van der Waals surface area contributed by atoms with E-state index < -0.39 is 5.41 Å². The maximum atomic E-state index is 13.2. The Bertz CT molecular complexity index is 859. The molecule has 1 aromatic heterocycles. The van der Waals surface area contributed by atoms with E-state index in [1.807, 2.05) is 12.1 Å². The van der Waals surface area contributed by atoms with Gasteiger partial charge in [0.2, 0.25) is 5.91 Å². The van der Waals surface area contributed by atoms with Gasteiger partial charge in [0.1, 0.15) is 6.10 Å². The third kappa shape index (κ3) is 4.65. The van der Waals surface area contributed by atoms with E-state index >= 15 is 0 Å². The number of carbonyl (C=O) groups excluding carboxylic acids is 1. The normalized spacial score (nSPS) is 20.6. The highest BCUT2D eigenvalue weighted by Crippen LogP contribution is 2.38. The lowest BCUT2D eigenvalue weighted by Crippen LogP contribution is -2.46. The van der Waals surface area contributed by atoms with Crippen LogP contribution in [0.25, 0.3) is 0 Å². The average Bonchev–Trinajstić information content (AvgIpc) is 3.22. The molecule has 6 nitrogen and oxygen atoms in total. The predicted octanol–water partition coefficient (Wildman–Crippen LogP) is 3.39. The Morgan fingerprint density at radius 3 is 2.59 bits per heavy atom. The number of rotatable bonds is 6. The minimum atomic E-state index is -0.478. The van der Waals surface area contributed by atoms with E-state index in [1.165, 1.54) is 5.56 Å². The fraction of sp³-hybridized carbons (Fsp3) is 0.435. The summed E-state index contributed by atoms with van der Waals surface area (Å²) in [7, 11) is 0. The predicted molar refractivity (Wildman–Crippen MR) is 110 cm³/mol. The molecule has 2 aromatic rings. The lowest BCUT2D eigenvalue weighted by molar-refractivity contribution is -0.140. The van der Waals surface area contributed by atoms with Crippen LogP contribution < -0.4 is 5.32 Å². The molecule has 29 heavy (non-hydrogen) atoms. The average molecular weight is 393 g/mol. The fourth-order valence-electron chi connectivity index (χ4n) is 4.05. The van der Waals surface area contributed by atoms with Gasteiger partial charge >= 0.3 is 0 Å². The molecule has 0 aliphatic carbocycles. The number of aromatic nitrogens is 1. The molecule has 1 amide bonds. The van der Waals surface area contributed by atoms with Gasteiger partial charge in [-0.1, -0.05) is 35.0 Å². The molecule has 152 valence electrons. The molecule has 1 saturated heterocycles. The zero-order valence-corrected chi connectivity index (χ0v) is 16.8. The number of benzene rings is 1. The van der Waals surface area contributed by atoms with Gasteiger partial charge in [-0.05, 0) is 43.0 Å². The number of ether oxygens (including phenoxy) is 1. The zero-order chi connectivity index (χ0) is 20.1. The number of pyridine rings is 1. The zero-order valence-electron chi connectivity index (χ0n) is 16.8. The number of carbonyl (C=O) groups is 1. The summed E-state index contributed by atoms with van der Waals surface area (Å²) in [6, 6.07) is 12.1. The quantitative estimate of drug-likeness (QED) is 0.817. The van der Waals surface area contributed by atoms with Crippen molar-refractivity contribution in [1.29, 1.82) is 0 Å². The number of aryl methyl sites for hydroxylation is 1. The van der Waals surface area contributed by atoms with Crippen LogP contribution in [0.1, 0.15) is 42.4 Å². The first-order chi connectivity index (χ1) is 14.1. The van der Waals surface area contributed by atoms with Crippen LogP contribution in [0.3, 0.4) is 0 Å². The summed E-state index contributed by atoms with van der Waals surface area (Å²) in [6.07, 6.45) is 6.17. The molecule has 4 rings (SSSR count). The third-order valence-electron chi connectivity index (χ3n) is 5.87. The minimum Gasteiger partial charge on any atom is -0.392 e. The summed E-state index contributed by atoms with van der Waals surface area (Å²) < 4.78 is 5.55. The summed E-state index contributed by atoms with van der Waals surface area (Å²) in [4.78, 5) is 23.0. The van der Waals surface area contributed by atoms with E-state index in [2.05, 4.69) is 46.6 Å². The van der Waals surface area contributed by atoms with Gasteiger partial charge < -0.3 is 14.9 Å². The van der Waals surface area contributed by atoms with Crippen LogP contribution in [-0.4, -0.2) is 35.9 Å². The Morgan fingerprint density at radius 1 is 1.14 bits per heavy atom. The molecule has 0 unspecified atom stereocenters. The van der Waals surface area contributed by atoms with Crippen molar-refractivity contribution in [2.45, 2.75) is 45.3 Å². The number of hydrogen-bond acceptors (Lipinski definition) is 5. The second kappa shape index (κ2) is 8.74. The second-order valence-electron chi connectivity index (χ2n) is 7.97. The van der Waals surface area contributed by atoms with Gasteiger partial charge in [-0.15, -0.1) is 0 Å². The van der Waals surface area contributed by atoms with Crippen LogP contribution in [0.5, 0.6) is 0 Å². The van der Waals surface area contributed by atoms with Crippen molar-refractivity contribution < 1.29 is 14.4 Å². The van der Waals surface area contributed by atoms with E-state index in [1.54, 1.807) is 12.4 Å². The minimum absolute atomic E-state index is 0.0741. The maximum absolute atomic E-state index is 13.2. The van der Waals surface area contributed by atoms with Crippen molar-refractivity contribution in [2.75, 3.05) is 13.2 Å². The van der Waals surface area contributed by atoms with Crippen LogP contribution in [0.15, 0.2) is 53.9 Å². The van der Waals surface area contributed by atoms with Crippen molar-refractivity contribution in [2.24, 2.45) is 10.6 Å². The summed E-state index contributed by atoms with van der Waals surface area (Å²) in [5.41, 5.74) is 3.82. The van der Waals surface area contributed by atoms with Crippen LogP contribution in [0.2, 0.25) is 0 Å². The Balaban J connectivity index is 1.40. The molecule has 1 N–H and O–H groups in total. The molecule has 1 atom stereocenters. The first-order valence-corrected chi connectivity index (χ1v) is 10.2. The molecule has 0 radical (unpaired) electrons. The van der Waals surface area contributed by atoms with Gasteiger partial charge in [0.25, 0.3) is 0 Å². The molecule has 0 spiro atoms. The molecule has 0 bridgehead atoms. The summed E-state index contributed by atoms with van der Waals surface area (Å²) >= 11 is 0. The van der Waals surface area contributed by atoms with E-state index in [-0.39, 0.29) is 12.0 Å². The number of nitrogens with zero attached hydrogens (tertiary/aromatic N) is 2.